The molecule has 0 N–H and O–H groups in total. The topological polar surface area (TPSA) is 94.5 Å². The highest BCUT2D eigenvalue weighted by Gasteiger charge is 2.50. The number of fused-ring (bicyclic) bond motifs is 1. The number of halogens is 1. The zero-order valence-corrected chi connectivity index (χ0v) is 19.7. The van der Waals surface area contributed by atoms with E-state index in [9.17, 15) is 13.2 Å². The molecule has 0 unspecified atom stereocenters. The molecule has 32 heavy (non-hydrogen) atoms. The van der Waals surface area contributed by atoms with E-state index in [-0.39, 0.29) is 23.4 Å². The minimum Gasteiger partial charge on any atom is -0.495 e. The fourth-order valence-corrected chi connectivity index (χ4v) is 7.84. The number of ether oxygens (including phenoxy) is 3. The number of methoxy groups -OCH3 is 2. The second-order valence-electron chi connectivity index (χ2n) is 7.22. The van der Waals surface area contributed by atoms with Crippen molar-refractivity contribution in [1.82, 2.24) is 0 Å². The Kier molecular flexibility index (Phi) is 6.55. The molecule has 2 aromatic rings. The fraction of sp³-hybridized carbons (Fsp3) is 0.333. The normalized spacial score (nSPS) is 22.6. The summed E-state index contributed by atoms with van der Waals surface area (Å²) in [5, 5.41) is 0.457. The number of sulfone groups is 1. The van der Waals surface area contributed by atoms with Crippen molar-refractivity contribution in [2.24, 2.45) is 4.99 Å². The lowest BCUT2D eigenvalue weighted by Crippen LogP contribution is -2.38. The largest absolute Gasteiger partial charge is 0.495 e. The SMILES string of the molecule is COc1cc(OC)c(N2C(=NC(=O)COc3ccccc3)S[C@@H]3CS(=O)(=O)C[C@H]32)cc1Cl. The number of benzene rings is 2. The molecule has 0 radical (unpaired) electrons. The minimum absolute atomic E-state index is 0.0127. The van der Waals surface area contributed by atoms with E-state index in [2.05, 4.69) is 4.99 Å². The molecule has 2 atom stereocenters. The quantitative estimate of drug-likeness (QED) is 0.602. The monoisotopic (exact) mass is 496 g/mol. The van der Waals surface area contributed by atoms with E-state index in [0.717, 1.165) is 0 Å². The first-order chi connectivity index (χ1) is 15.3. The Morgan fingerprint density at radius 1 is 1.16 bits per heavy atom. The van der Waals surface area contributed by atoms with Crippen LogP contribution in [0.15, 0.2) is 47.5 Å². The van der Waals surface area contributed by atoms with Gasteiger partial charge in [-0.15, -0.1) is 0 Å². The molecule has 2 aliphatic rings. The van der Waals surface area contributed by atoms with Crippen LogP contribution in [0.3, 0.4) is 0 Å². The number of carbonyl (C=O) groups is 1. The van der Waals surface area contributed by atoms with Crippen molar-refractivity contribution >= 4 is 50.0 Å². The van der Waals surface area contributed by atoms with Crippen molar-refractivity contribution in [3.8, 4) is 17.2 Å². The van der Waals surface area contributed by atoms with Gasteiger partial charge in [-0.2, -0.15) is 4.99 Å². The molecular formula is C21H21ClN2O6S2. The predicted molar refractivity (Wildman–Crippen MR) is 125 cm³/mol. The number of carbonyl (C=O) groups excluding carboxylic acids is 1. The molecule has 4 rings (SSSR count). The van der Waals surface area contributed by atoms with Crippen LogP contribution >= 0.6 is 23.4 Å². The zero-order valence-electron chi connectivity index (χ0n) is 17.4. The smallest absolute Gasteiger partial charge is 0.285 e. The molecular weight excluding hydrogens is 476 g/mol. The summed E-state index contributed by atoms with van der Waals surface area (Å²) in [4.78, 5) is 18.5. The van der Waals surface area contributed by atoms with Crippen LogP contribution < -0.4 is 19.1 Å². The maximum Gasteiger partial charge on any atom is 0.285 e. The number of nitrogens with zero attached hydrogens (tertiary/aromatic N) is 2. The number of hydrogen-bond donors (Lipinski definition) is 0. The van der Waals surface area contributed by atoms with E-state index < -0.39 is 21.8 Å². The molecule has 11 heteroatoms. The highest BCUT2D eigenvalue weighted by atomic mass is 35.5. The lowest BCUT2D eigenvalue weighted by Gasteiger charge is -2.26. The standard InChI is InChI=1S/C21H21ClN2O6S2/c1-28-17-9-18(29-2)15(8-14(17)22)24-16-11-32(26,27)12-19(16)31-21(24)23-20(25)10-30-13-6-4-3-5-7-13/h3-9,16,19H,10-12H2,1-2H3/t16-,19-/m1/s1. The van der Waals surface area contributed by atoms with E-state index in [4.69, 9.17) is 25.8 Å². The molecule has 0 saturated carbocycles. The van der Waals surface area contributed by atoms with Gasteiger partial charge in [0.05, 0.1) is 42.5 Å². The summed E-state index contributed by atoms with van der Waals surface area (Å²) in [5.74, 6) is 0.883. The summed E-state index contributed by atoms with van der Waals surface area (Å²) in [6.45, 7) is -0.240. The zero-order chi connectivity index (χ0) is 22.9. The number of thioether (sulfide) groups is 1. The van der Waals surface area contributed by atoms with Gasteiger partial charge in [0.1, 0.15) is 17.2 Å². The van der Waals surface area contributed by atoms with Crippen LogP contribution in [-0.4, -0.2) is 63.1 Å². The molecule has 2 saturated heterocycles. The van der Waals surface area contributed by atoms with Crippen LogP contribution in [0.5, 0.6) is 17.2 Å². The van der Waals surface area contributed by atoms with Gasteiger partial charge in [0, 0.05) is 11.3 Å². The van der Waals surface area contributed by atoms with Gasteiger partial charge < -0.3 is 19.1 Å². The highest BCUT2D eigenvalue weighted by molar-refractivity contribution is 8.16. The molecule has 2 fully saturated rings. The van der Waals surface area contributed by atoms with Crippen molar-refractivity contribution in [3.63, 3.8) is 0 Å². The van der Waals surface area contributed by atoms with Crippen molar-refractivity contribution in [1.29, 1.82) is 0 Å². The molecule has 2 heterocycles. The van der Waals surface area contributed by atoms with Gasteiger partial charge in [-0.3, -0.25) is 4.79 Å². The summed E-state index contributed by atoms with van der Waals surface area (Å²) in [7, 11) is -0.229. The fourth-order valence-electron chi connectivity index (χ4n) is 3.68. The maximum absolute atomic E-state index is 12.6. The van der Waals surface area contributed by atoms with Gasteiger partial charge in [0.15, 0.2) is 21.6 Å². The third-order valence-electron chi connectivity index (χ3n) is 5.11. The summed E-state index contributed by atoms with van der Waals surface area (Å²) in [6, 6.07) is 11.8. The molecule has 0 spiro atoms. The number of para-hydroxylation sites is 1. The van der Waals surface area contributed by atoms with Crippen molar-refractivity contribution < 1.29 is 27.4 Å². The van der Waals surface area contributed by atoms with Gasteiger partial charge in [0.2, 0.25) is 0 Å². The maximum atomic E-state index is 12.6. The number of aliphatic imine (C=N–C) groups is 1. The van der Waals surface area contributed by atoms with Crippen molar-refractivity contribution in [2.75, 3.05) is 37.2 Å². The Morgan fingerprint density at radius 2 is 1.88 bits per heavy atom. The first-order valence-corrected chi connectivity index (χ1v) is 12.8. The molecule has 2 aromatic carbocycles. The first-order valence-electron chi connectivity index (χ1n) is 9.68. The van der Waals surface area contributed by atoms with Crippen LogP contribution in [0.25, 0.3) is 0 Å². The van der Waals surface area contributed by atoms with E-state index in [1.807, 2.05) is 18.2 Å². The summed E-state index contributed by atoms with van der Waals surface area (Å²) in [6.07, 6.45) is 0. The average molecular weight is 497 g/mol. The third kappa shape index (κ3) is 4.67. The van der Waals surface area contributed by atoms with E-state index in [0.29, 0.717) is 33.1 Å². The molecule has 1 amide bonds. The lowest BCUT2D eigenvalue weighted by molar-refractivity contribution is -0.119. The lowest BCUT2D eigenvalue weighted by atomic mass is 10.2. The molecule has 0 aromatic heterocycles. The van der Waals surface area contributed by atoms with Gasteiger partial charge in [-0.1, -0.05) is 41.6 Å². The molecule has 170 valence electrons. The Morgan fingerprint density at radius 3 is 2.56 bits per heavy atom. The van der Waals surface area contributed by atoms with E-state index in [1.165, 1.54) is 26.0 Å². The molecule has 8 nitrogen and oxygen atoms in total. The van der Waals surface area contributed by atoms with E-state index >= 15 is 0 Å². The second-order valence-corrected chi connectivity index (χ2v) is 11.0. The average Bonchev–Trinajstić information content (AvgIpc) is 3.23. The van der Waals surface area contributed by atoms with Gasteiger partial charge in [0.25, 0.3) is 5.91 Å². The number of rotatable bonds is 6. The van der Waals surface area contributed by atoms with Crippen LogP contribution in [0, 0.1) is 0 Å². The predicted octanol–water partition coefficient (Wildman–Crippen LogP) is 3.04. The van der Waals surface area contributed by atoms with Crippen LogP contribution in [0.1, 0.15) is 0 Å². The Bertz CT molecular complexity index is 1160. The Balaban J connectivity index is 1.67. The number of anilines is 1. The summed E-state index contributed by atoms with van der Waals surface area (Å²) >= 11 is 7.61. The van der Waals surface area contributed by atoms with Crippen molar-refractivity contribution in [2.45, 2.75) is 11.3 Å². The first kappa shape index (κ1) is 22.8. The number of hydrogen-bond acceptors (Lipinski definition) is 7. The molecule has 2 aliphatic heterocycles. The third-order valence-corrected chi connectivity index (χ3v) is 8.61. The van der Waals surface area contributed by atoms with Crippen LogP contribution in [-0.2, 0) is 14.6 Å². The summed E-state index contributed by atoms with van der Waals surface area (Å²) in [5.41, 5.74) is 0.519. The van der Waals surface area contributed by atoms with Gasteiger partial charge >= 0.3 is 0 Å². The van der Waals surface area contributed by atoms with E-state index in [1.54, 1.807) is 29.2 Å². The van der Waals surface area contributed by atoms with Gasteiger partial charge in [-0.05, 0) is 18.2 Å². The second kappa shape index (κ2) is 9.21. The molecule has 0 aliphatic carbocycles. The summed E-state index contributed by atoms with van der Waals surface area (Å²) < 4.78 is 40.8. The van der Waals surface area contributed by atoms with Crippen LogP contribution in [0.4, 0.5) is 5.69 Å². The number of amides is 1. The molecule has 0 bridgehead atoms. The Hall–Kier alpha value is -2.43. The van der Waals surface area contributed by atoms with Crippen LogP contribution in [0.2, 0.25) is 5.02 Å². The Labute approximate surface area is 195 Å². The van der Waals surface area contributed by atoms with Gasteiger partial charge in [-0.25, -0.2) is 8.42 Å². The minimum atomic E-state index is -3.21. The van der Waals surface area contributed by atoms with Crippen molar-refractivity contribution in [3.05, 3.63) is 47.5 Å². The number of amidine groups is 1. The highest BCUT2D eigenvalue weighted by Crippen LogP contribution is 2.46.